The number of halogens is 2. The summed E-state index contributed by atoms with van der Waals surface area (Å²) in [6.07, 6.45) is 1.47. The molecule has 0 aliphatic rings. The van der Waals surface area contributed by atoms with E-state index >= 15 is 0 Å². The Bertz CT molecular complexity index is 1190. The smallest absolute Gasteiger partial charge is 0.159 e. The minimum atomic E-state index is -0.279. The number of anilines is 2. The van der Waals surface area contributed by atoms with Gasteiger partial charge in [0.25, 0.3) is 0 Å². The first kappa shape index (κ1) is 19.1. The molecule has 9 heteroatoms. The summed E-state index contributed by atoms with van der Waals surface area (Å²) in [4.78, 5) is 8.61. The van der Waals surface area contributed by atoms with Crippen LogP contribution in [-0.2, 0) is 7.05 Å². The maximum absolute atomic E-state index is 13.2. The third kappa shape index (κ3) is 3.47. The zero-order valence-electron chi connectivity index (χ0n) is 16.4. The molecule has 7 nitrogen and oxygen atoms in total. The van der Waals surface area contributed by atoms with E-state index < -0.39 is 0 Å². The van der Waals surface area contributed by atoms with Crippen LogP contribution in [0, 0.1) is 26.6 Å². The number of rotatable bonds is 4. The summed E-state index contributed by atoms with van der Waals surface area (Å²) in [7, 11) is 1.84. The van der Waals surface area contributed by atoms with E-state index in [4.69, 9.17) is 11.6 Å². The molecule has 0 radical (unpaired) electrons. The molecule has 29 heavy (non-hydrogen) atoms. The van der Waals surface area contributed by atoms with E-state index in [-0.39, 0.29) is 5.82 Å². The molecule has 3 heterocycles. The molecule has 0 aliphatic carbocycles. The van der Waals surface area contributed by atoms with Gasteiger partial charge in [0.2, 0.25) is 0 Å². The second-order valence-corrected chi connectivity index (χ2v) is 7.11. The second-order valence-electron chi connectivity index (χ2n) is 6.74. The Morgan fingerprint density at radius 1 is 1.03 bits per heavy atom. The Hall–Kier alpha value is -3.26. The van der Waals surface area contributed by atoms with Gasteiger partial charge in [-0.25, -0.2) is 19.0 Å². The summed E-state index contributed by atoms with van der Waals surface area (Å²) >= 11 is 6.25. The number of aryl methyl sites for hydroxylation is 2. The number of aromatic nitrogens is 6. The lowest BCUT2D eigenvalue weighted by Crippen LogP contribution is -2.06. The number of nitrogens with zero attached hydrogens (tertiary/aromatic N) is 6. The van der Waals surface area contributed by atoms with Crippen LogP contribution in [-0.4, -0.2) is 29.5 Å². The van der Waals surface area contributed by atoms with Crippen molar-refractivity contribution in [2.24, 2.45) is 7.05 Å². The molecule has 4 aromatic rings. The lowest BCUT2D eigenvalue weighted by Gasteiger charge is -2.09. The van der Waals surface area contributed by atoms with Crippen LogP contribution in [0.15, 0.2) is 36.7 Å². The van der Waals surface area contributed by atoms with Crippen LogP contribution in [0.4, 0.5) is 16.0 Å². The normalized spacial score (nSPS) is 11.1. The number of hydrogen-bond acceptors (Lipinski definition) is 5. The lowest BCUT2D eigenvalue weighted by atomic mass is 10.1. The summed E-state index contributed by atoms with van der Waals surface area (Å²) in [5, 5.41) is 12.9. The first-order chi connectivity index (χ1) is 13.8. The topological polar surface area (TPSA) is 73.5 Å². The summed E-state index contributed by atoms with van der Waals surface area (Å²) in [5.74, 6) is 1.70. The van der Waals surface area contributed by atoms with Crippen molar-refractivity contribution >= 4 is 23.2 Å². The average Bonchev–Trinajstić information content (AvgIpc) is 3.13. The quantitative estimate of drug-likeness (QED) is 0.534. The monoisotopic (exact) mass is 411 g/mol. The van der Waals surface area contributed by atoms with Crippen molar-refractivity contribution < 1.29 is 4.39 Å². The molecule has 0 fully saturated rings. The van der Waals surface area contributed by atoms with Gasteiger partial charge in [-0.3, -0.25) is 4.68 Å². The first-order valence-corrected chi connectivity index (χ1v) is 9.33. The standard InChI is InChI=1S/C20H19ClFN7/c1-11-19(14-5-7-15(22)8-6-14)27-28(4)20(11)25-16-9-17(24-10-23-16)29-13(3)18(21)12(2)26-29/h5-10H,1-4H3,(H,23,24,25). The van der Waals surface area contributed by atoms with Crippen LogP contribution in [0.2, 0.25) is 5.02 Å². The predicted octanol–water partition coefficient (Wildman–Crippen LogP) is 4.52. The Labute approximate surface area is 172 Å². The molecular weight excluding hydrogens is 393 g/mol. The molecule has 0 atom stereocenters. The fourth-order valence-corrected chi connectivity index (χ4v) is 3.30. The van der Waals surface area contributed by atoms with E-state index in [2.05, 4.69) is 25.5 Å². The molecule has 3 aromatic heterocycles. The third-order valence-corrected chi connectivity index (χ3v) is 5.27. The molecule has 0 amide bonds. The number of benzene rings is 1. The first-order valence-electron chi connectivity index (χ1n) is 8.96. The van der Waals surface area contributed by atoms with Crippen molar-refractivity contribution in [2.45, 2.75) is 20.8 Å². The van der Waals surface area contributed by atoms with Crippen LogP contribution in [0.3, 0.4) is 0 Å². The Balaban J connectivity index is 1.68. The Kier molecular flexibility index (Phi) is 4.79. The highest BCUT2D eigenvalue weighted by atomic mass is 35.5. The SMILES string of the molecule is Cc1nn(-c2cc(Nc3c(C)c(-c4ccc(F)cc4)nn3C)ncn2)c(C)c1Cl. The Morgan fingerprint density at radius 2 is 1.76 bits per heavy atom. The van der Waals surface area contributed by atoms with Crippen LogP contribution in [0.25, 0.3) is 17.1 Å². The highest BCUT2D eigenvalue weighted by Crippen LogP contribution is 2.30. The third-order valence-electron chi connectivity index (χ3n) is 4.72. The fraction of sp³-hybridized carbons (Fsp3) is 0.200. The van der Waals surface area contributed by atoms with Gasteiger partial charge >= 0.3 is 0 Å². The summed E-state index contributed by atoms with van der Waals surface area (Å²) in [5.41, 5.74) is 4.09. The fourth-order valence-electron chi connectivity index (χ4n) is 3.19. The highest BCUT2D eigenvalue weighted by molar-refractivity contribution is 6.31. The molecule has 0 saturated carbocycles. The van der Waals surface area contributed by atoms with E-state index in [1.54, 1.807) is 27.6 Å². The van der Waals surface area contributed by atoms with Gasteiger partial charge in [-0.15, -0.1) is 0 Å². The van der Waals surface area contributed by atoms with Crippen LogP contribution >= 0.6 is 11.6 Å². The Morgan fingerprint density at radius 3 is 2.41 bits per heavy atom. The summed E-state index contributed by atoms with van der Waals surface area (Å²) < 4.78 is 16.7. The van der Waals surface area contributed by atoms with Gasteiger partial charge in [0.05, 0.1) is 22.1 Å². The van der Waals surface area contributed by atoms with Crippen LogP contribution < -0.4 is 5.32 Å². The van der Waals surface area contributed by atoms with Gasteiger partial charge < -0.3 is 5.32 Å². The molecule has 0 spiro atoms. The molecule has 4 rings (SSSR count). The van der Waals surface area contributed by atoms with E-state index in [0.717, 1.165) is 34.0 Å². The maximum atomic E-state index is 13.2. The maximum Gasteiger partial charge on any atom is 0.159 e. The zero-order valence-corrected chi connectivity index (χ0v) is 17.2. The molecular formula is C20H19ClFN7. The van der Waals surface area contributed by atoms with Gasteiger partial charge in [0.15, 0.2) is 5.82 Å². The minimum Gasteiger partial charge on any atom is -0.325 e. The highest BCUT2D eigenvalue weighted by Gasteiger charge is 2.16. The van der Waals surface area contributed by atoms with E-state index in [9.17, 15) is 4.39 Å². The van der Waals surface area contributed by atoms with Gasteiger partial charge in [-0.1, -0.05) is 11.6 Å². The minimum absolute atomic E-state index is 0.279. The molecule has 0 unspecified atom stereocenters. The molecule has 0 aliphatic heterocycles. The number of nitrogens with one attached hydrogen (secondary N) is 1. The van der Waals surface area contributed by atoms with Gasteiger partial charge in [0.1, 0.15) is 23.8 Å². The number of hydrogen-bond donors (Lipinski definition) is 1. The molecule has 0 saturated heterocycles. The van der Waals surface area contributed by atoms with Crippen molar-refractivity contribution in [3.63, 3.8) is 0 Å². The van der Waals surface area contributed by atoms with Gasteiger partial charge in [-0.2, -0.15) is 10.2 Å². The van der Waals surface area contributed by atoms with Gasteiger partial charge in [0, 0.05) is 24.2 Å². The second kappa shape index (κ2) is 7.29. The molecule has 0 bridgehead atoms. The lowest BCUT2D eigenvalue weighted by molar-refractivity contribution is 0.628. The van der Waals surface area contributed by atoms with E-state index in [0.29, 0.717) is 16.7 Å². The van der Waals surface area contributed by atoms with E-state index in [1.807, 2.05) is 27.8 Å². The van der Waals surface area contributed by atoms with Crippen LogP contribution in [0.5, 0.6) is 0 Å². The van der Waals surface area contributed by atoms with Gasteiger partial charge in [-0.05, 0) is 45.0 Å². The summed E-state index contributed by atoms with van der Waals surface area (Å²) in [6.45, 7) is 5.69. The van der Waals surface area contributed by atoms with Crippen LogP contribution in [0.1, 0.15) is 17.0 Å². The van der Waals surface area contributed by atoms with Crippen molar-refractivity contribution in [3.8, 4) is 17.1 Å². The zero-order chi connectivity index (χ0) is 20.7. The summed E-state index contributed by atoms with van der Waals surface area (Å²) in [6, 6.07) is 8.06. The van der Waals surface area contributed by atoms with Crippen molar-refractivity contribution in [1.29, 1.82) is 0 Å². The van der Waals surface area contributed by atoms with E-state index in [1.165, 1.54) is 18.5 Å². The molecule has 148 valence electrons. The molecule has 1 N–H and O–H groups in total. The average molecular weight is 412 g/mol. The largest absolute Gasteiger partial charge is 0.325 e. The van der Waals surface area contributed by atoms with Crippen molar-refractivity contribution in [3.05, 3.63) is 64.5 Å². The predicted molar refractivity (Wildman–Crippen MR) is 110 cm³/mol. The van der Waals surface area contributed by atoms with Crippen molar-refractivity contribution in [2.75, 3.05) is 5.32 Å². The van der Waals surface area contributed by atoms with Crippen molar-refractivity contribution in [1.82, 2.24) is 29.5 Å². The molecule has 1 aromatic carbocycles.